The molecule has 1 aromatic heterocycles. The van der Waals surface area contributed by atoms with Crippen molar-refractivity contribution in [1.29, 1.82) is 0 Å². The maximum atomic E-state index is 13.8. The van der Waals surface area contributed by atoms with E-state index in [2.05, 4.69) is 9.97 Å². The monoisotopic (exact) mass is 227 g/mol. The van der Waals surface area contributed by atoms with Gasteiger partial charge in [0.1, 0.15) is 6.33 Å². The molecule has 4 nitrogen and oxygen atoms in total. The molecule has 90 valence electrons. The highest BCUT2D eigenvalue weighted by Crippen LogP contribution is 2.17. The van der Waals surface area contributed by atoms with E-state index in [1.807, 2.05) is 6.92 Å². The van der Waals surface area contributed by atoms with Gasteiger partial charge in [0.25, 0.3) is 0 Å². The third-order valence-corrected chi connectivity index (χ3v) is 2.42. The van der Waals surface area contributed by atoms with E-state index in [0.717, 1.165) is 0 Å². The van der Waals surface area contributed by atoms with Crippen molar-refractivity contribution in [1.82, 2.24) is 9.97 Å². The lowest BCUT2D eigenvalue weighted by molar-refractivity contribution is 0.186. The first-order valence-corrected chi connectivity index (χ1v) is 5.44. The Kier molecular flexibility index (Phi) is 4.61. The van der Waals surface area contributed by atoms with Gasteiger partial charge in [0.15, 0.2) is 11.6 Å². The first kappa shape index (κ1) is 12.8. The van der Waals surface area contributed by atoms with E-state index in [1.165, 1.54) is 6.33 Å². The third kappa shape index (κ3) is 3.13. The van der Waals surface area contributed by atoms with E-state index in [-0.39, 0.29) is 5.82 Å². The lowest BCUT2D eigenvalue weighted by atomic mass is 10.2. The molecule has 1 atom stereocenters. The maximum Gasteiger partial charge on any atom is 0.187 e. The second kappa shape index (κ2) is 5.75. The minimum atomic E-state index is -0.391. The van der Waals surface area contributed by atoms with Crippen LogP contribution in [-0.2, 0) is 6.42 Å². The van der Waals surface area contributed by atoms with Crippen LogP contribution < -0.4 is 4.90 Å². The summed E-state index contributed by atoms with van der Waals surface area (Å²) in [5.41, 5.74) is 0.425. The van der Waals surface area contributed by atoms with Crippen LogP contribution in [0.2, 0.25) is 0 Å². The number of nitrogens with zero attached hydrogens (tertiary/aromatic N) is 3. The molecule has 0 radical (unpaired) electrons. The molecule has 0 amide bonds. The highest BCUT2D eigenvalue weighted by molar-refractivity contribution is 5.39. The van der Waals surface area contributed by atoms with Crippen molar-refractivity contribution in [3.05, 3.63) is 17.8 Å². The summed E-state index contributed by atoms with van der Waals surface area (Å²) < 4.78 is 13.8. The highest BCUT2D eigenvalue weighted by atomic mass is 19.1. The summed E-state index contributed by atoms with van der Waals surface area (Å²) in [6.45, 7) is 4.13. The normalized spacial score (nSPS) is 12.6. The number of halogens is 1. The Hall–Kier alpha value is -1.23. The summed E-state index contributed by atoms with van der Waals surface area (Å²) >= 11 is 0. The maximum absolute atomic E-state index is 13.8. The van der Waals surface area contributed by atoms with Crippen molar-refractivity contribution in [3.63, 3.8) is 0 Å². The molecule has 1 rings (SSSR count). The first-order valence-electron chi connectivity index (χ1n) is 5.44. The largest absolute Gasteiger partial charge is 0.393 e. The van der Waals surface area contributed by atoms with E-state index in [1.54, 1.807) is 18.9 Å². The molecule has 0 aromatic carbocycles. The molecule has 0 aliphatic carbocycles. The summed E-state index contributed by atoms with van der Waals surface area (Å²) in [4.78, 5) is 9.49. The standard InChI is InChI=1S/C11H18FN3O/c1-4-9-10(12)11(14-7-13-9)15(3)6-5-8(2)16/h7-8,16H,4-6H2,1-3H3. The van der Waals surface area contributed by atoms with Crippen LogP contribution in [0, 0.1) is 5.82 Å². The molecule has 1 N–H and O–H groups in total. The van der Waals surface area contributed by atoms with E-state index < -0.39 is 6.10 Å². The zero-order valence-electron chi connectivity index (χ0n) is 9.94. The first-order chi connectivity index (χ1) is 7.56. The fourth-order valence-corrected chi connectivity index (χ4v) is 1.39. The van der Waals surface area contributed by atoms with Gasteiger partial charge in [-0.15, -0.1) is 0 Å². The number of anilines is 1. The summed E-state index contributed by atoms with van der Waals surface area (Å²) in [5.74, 6) is -0.0643. The van der Waals surface area contributed by atoms with E-state index in [9.17, 15) is 4.39 Å². The number of aryl methyl sites for hydroxylation is 1. The zero-order valence-corrected chi connectivity index (χ0v) is 9.94. The number of aromatic nitrogens is 2. The van der Waals surface area contributed by atoms with Gasteiger partial charge < -0.3 is 10.0 Å². The van der Waals surface area contributed by atoms with Crippen molar-refractivity contribution in [2.75, 3.05) is 18.5 Å². The number of hydrogen-bond acceptors (Lipinski definition) is 4. The Balaban J connectivity index is 2.78. The Labute approximate surface area is 95.1 Å². The highest BCUT2D eigenvalue weighted by Gasteiger charge is 2.13. The van der Waals surface area contributed by atoms with Gasteiger partial charge in [-0.25, -0.2) is 14.4 Å². The van der Waals surface area contributed by atoms with Gasteiger partial charge in [-0.2, -0.15) is 0 Å². The summed E-state index contributed by atoms with van der Waals surface area (Å²) in [6.07, 6.45) is 2.11. The Morgan fingerprint density at radius 1 is 1.50 bits per heavy atom. The van der Waals surface area contributed by atoms with Crippen LogP contribution in [0.15, 0.2) is 6.33 Å². The summed E-state index contributed by atoms with van der Waals surface area (Å²) in [7, 11) is 1.76. The fraction of sp³-hybridized carbons (Fsp3) is 0.636. The molecule has 0 saturated carbocycles. The van der Waals surface area contributed by atoms with E-state index >= 15 is 0 Å². The molecule has 1 aromatic rings. The average Bonchev–Trinajstić information content (AvgIpc) is 2.26. The number of aliphatic hydroxyl groups is 1. The van der Waals surface area contributed by atoms with Crippen LogP contribution in [-0.4, -0.2) is 34.8 Å². The minimum Gasteiger partial charge on any atom is -0.393 e. The number of hydrogen-bond donors (Lipinski definition) is 1. The van der Waals surface area contributed by atoms with Crippen LogP contribution in [0.4, 0.5) is 10.2 Å². The topological polar surface area (TPSA) is 49.2 Å². The van der Waals surface area contributed by atoms with Crippen LogP contribution in [0.5, 0.6) is 0 Å². The van der Waals surface area contributed by atoms with E-state index in [4.69, 9.17) is 5.11 Å². The van der Waals surface area contributed by atoms with Gasteiger partial charge >= 0.3 is 0 Å². The van der Waals surface area contributed by atoms with Crippen molar-refractivity contribution in [3.8, 4) is 0 Å². The average molecular weight is 227 g/mol. The lowest BCUT2D eigenvalue weighted by Gasteiger charge is -2.19. The molecule has 0 fully saturated rings. The van der Waals surface area contributed by atoms with Gasteiger partial charge in [0, 0.05) is 13.6 Å². The van der Waals surface area contributed by atoms with Crippen LogP contribution in [0.3, 0.4) is 0 Å². The van der Waals surface area contributed by atoms with Gasteiger partial charge in [0.05, 0.1) is 11.8 Å². The van der Waals surface area contributed by atoms with Gasteiger partial charge in [-0.1, -0.05) is 6.92 Å². The van der Waals surface area contributed by atoms with E-state index in [0.29, 0.717) is 30.9 Å². The number of rotatable bonds is 5. The van der Waals surface area contributed by atoms with Crippen LogP contribution in [0.25, 0.3) is 0 Å². The Bertz CT molecular complexity index is 344. The lowest BCUT2D eigenvalue weighted by Crippen LogP contribution is -2.24. The molecule has 0 saturated heterocycles. The number of aliphatic hydroxyl groups excluding tert-OH is 1. The quantitative estimate of drug-likeness (QED) is 0.825. The third-order valence-electron chi connectivity index (χ3n) is 2.42. The molecule has 5 heteroatoms. The Morgan fingerprint density at radius 2 is 2.19 bits per heavy atom. The minimum absolute atomic E-state index is 0.299. The molecule has 1 unspecified atom stereocenters. The zero-order chi connectivity index (χ0) is 12.1. The van der Waals surface area contributed by atoms with Gasteiger partial charge in [-0.3, -0.25) is 0 Å². The van der Waals surface area contributed by atoms with Crippen molar-refractivity contribution in [2.24, 2.45) is 0 Å². The summed E-state index contributed by atoms with van der Waals surface area (Å²) in [5, 5.41) is 9.17. The molecule has 16 heavy (non-hydrogen) atoms. The smallest absolute Gasteiger partial charge is 0.187 e. The van der Waals surface area contributed by atoms with Crippen LogP contribution >= 0.6 is 0 Å². The van der Waals surface area contributed by atoms with Crippen molar-refractivity contribution < 1.29 is 9.50 Å². The molecular weight excluding hydrogens is 209 g/mol. The molecule has 0 aliphatic heterocycles. The predicted octanol–water partition coefficient (Wildman–Crippen LogP) is 1.39. The summed E-state index contributed by atoms with van der Waals surface area (Å²) in [6, 6.07) is 0. The SMILES string of the molecule is CCc1ncnc(N(C)CCC(C)O)c1F. The predicted molar refractivity (Wildman–Crippen MR) is 60.9 cm³/mol. The second-order valence-corrected chi connectivity index (χ2v) is 3.87. The van der Waals surface area contributed by atoms with Crippen LogP contribution in [0.1, 0.15) is 26.0 Å². The molecule has 0 spiro atoms. The van der Waals surface area contributed by atoms with Gasteiger partial charge in [-0.05, 0) is 19.8 Å². The fourth-order valence-electron chi connectivity index (χ4n) is 1.39. The van der Waals surface area contributed by atoms with Gasteiger partial charge in [0.2, 0.25) is 0 Å². The van der Waals surface area contributed by atoms with Crippen molar-refractivity contribution >= 4 is 5.82 Å². The Morgan fingerprint density at radius 3 is 2.75 bits per heavy atom. The molecular formula is C11H18FN3O. The molecule has 0 aliphatic rings. The second-order valence-electron chi connectivity index (χ2n) is 3.87. The molecule has 1 heterocycles. The van der Waals surface area contributed by atoms with Crippen molar-refractivity contribution in [2.45, 2.75) is 32.8 Å². The molecule has 0 bridgehead atoms.